The highest BCUT2D eigenvalue weighted by molar-refractivity contribution is 5.87. The Morgan fingerprint density at radius 1 is 1.64 bits per heavy atom. The minimum Gasteiger partial charge on any atom is -0.320 e. The highest BCUT2D eigenvalue weighted by Crippen LogP contribution is 2.03. The minimum atomic E-state index is -0.151. The highest BCUT2D eigenvalue weighted by Gasteiger charge is 1.96. The maximum Gasteiger partial charge on any atom is 0.222 e. The molecule has 0 bridgehead atoms. The van der Waals surface area contributed by atoms with Crippen molar-refractivity contribution in [2.75, 3.05) is 11.9 Å². The number of pyridine rings is 1. The summed E-state index contributed by atoms with van der Waals surface area (Å²) in [6.45, 7) is 1.73. The normalized spacial score (nSPS) is 8.71. The molecule has 1 amide bonds. The van der Waals surface area contributed by atoms with E-state index in [1.54, 1.807) is 18.2 Å². The summed E-state index contributed by atoms with van der Waals surface area (Å²) in [5, 5.41) is 2.57. The van der Waals surface area contributed by atoms with Crippen LogP contribution in [-0.4, -0.2) is 17.4 Å². The van der Waals surface area contributed by atoms with E-state index in [4.69, 9.17) is 5.73 Å². The van der Waals surface area contributed by atoms with E-state index in [0.29, 0.717) is 18.1 Å². The number of rotatable bonds is 1. The Morgan fingerprint density at radius 2 is 2.43 bits per heavy atom. The summed E-state index contributed by atoms with van der Waals surface area (Å²) in [5.41, 5.74) is 5.82. The predicted molar refractivity (Wildman–Crippen MR) is 54.5 cm³/mol. The third kappa shape index (κ3) is 3.25. The molecule has 0 aliphatic rings. The zero-order valence-electron chi connectivity index (χ0n) is 7.87. The van der Waals surface area contributed by atoms with Crippen molar-refractivity contribution >= 4 is 11.7 Å². The quantitative estimate of drug-likeness (QED) is 0.626. The standard InChI is InChI=1S/C10H11N3O/c1-8(14)12-10-6-2-4-9(13-10)5-3-7-11/h2,4,6H,7,11H2,1H3,(H,12,13,14). The predicted octanol–water partition coefficient (Wildman–Crippen LogP) is 0.350. The van der Waals surface area contributed by atoms with Crippen molar-refractivity contribution in [1.29, 1.82) is 0 Å². The van der Waals surface area contributed by atoms with Crippen molar-refractivity contribution in [3.63, 3.8) is 0 Å². The molecule has 1 heterocycles. The number of amides is 1. The van der Waals surface area contributed by atoms with Crippen molar-refractivity contribution in [2.24, 2.45) is 5.73 Å². The molecule has 0 saturated carbocycles. The lowest BCUT2D eigenvalue weighted by molar-refractivity contribution is -0.114. The molecule has 0 unspecified atom stereocenters. The van der Waals surface area contributed by atoms with Crippen molar-refractivity contribution in [1.82, 2.24) is 4.98 Å². The number of nitrogens with two attached hydrogens (primary N) is 1. The first-order valence-corrected chi connectivity index (χ1v) is 4.16. The van der Waals surface area contributed by atoms with Gasteiger partial charge < -0.3 is 11.1 Å². The molecule has 4 heteroatoms. The molecule has 0 fully saturated rings. The molecule has 0 aliphatic heterocycles. The Morgan fingerprint density at radius 3 is 3.07 bits per heavy atom. The molecule has 0 spiro atoms. The van der Waals surface area contributed by atoms with E-state index >= 15 is 0 Å². The summed E-state index contributed by atoms with van der Waals surface area (Å²) in [6, 6.07) is 5.24. The first-order chi connectivity index (χ1) is 6.72. The summed E-state index contributed by atoms with van der Waals surface area (Å²) in [5.74, 6) is 5.82. The molecular weight excluding hydrogens is 178 g/mol. The number of carbonyl (C=O) groups is 1. The summed E-state index contributed by atoms with van der Waals surface area (Å²) >= 11 is 0. The van der Waals surface area contributed by atoms with Crippen LogP contribution in [0.2, 0.25) is 0 Å². The first kappa shape index (κ1) is 10.2. The van der Waals surface area contributed by atoms with Crippen molar-refractivity contribution in [2.45, 2.75) is 6.92 Å². The van der Waals surface area contributed by atoms with E-state index in [1.807, 2.05) is 0 Å². The van der Waals surface area contributed by atoms with Gasteiger partial charge in [-0.3, -0.25) is 4.79 Å². The van der Waals surface area contributed by atoms with Gasteiger partial charge in [0, 0.05) is 6.92 Å². The first-order valence-electron chi connectivity index (χ1n) is 4.16. The van der Waals surface area contributed by atoms with Crippen LogP contribution in [0.1, 0.15) is 12.6 Å². The molecule has 4 nitrogen and oxygen atoms in total. The van der Waals surface area contributed by atoms with Crippen molar-refractivity contribution in [3.8, 4) is 11.8 Å². The van der Waals surface area contributed by atoms with Gasteiger partial charge in [-0.2, -0.15) is 0 Å². The Bertz CT molecular complexity index is 390. The van der Waals surface area contributed by atoms with Crippen LogP contribution in [0.15, 0.2) is 18.2 Å². The van der Waals surface area contributed by atoms with Gasteiger partial charge in [0.15, 0.2) is 0 Å². The van der Waals surface area contributed by atoms with Crippen LogP contribution in [0, 0.1) is 11.8 Å². The Hall–Kier alpha value is -1.86. The smallest absolute Gasteiger partial charge is 0.222 e. The number of nitrogens with zero attached hydrogens (tertiary/aromatic N) is 1. The van der Waals surface area contributed by atoms with E-state index in [1.165, 1.54) is 6.92 Å². The zero-order valence-corrected chi connectivity index (χ0v) is 7.87. The Labute approximate surface area is 82.5 Å². The summed E-state index contributed by atoms with van der Waals surface area (Å²) in [4.78, 5) is 14.8. The van der Waals surface area contributed by atoms with Gasteiger partial charge in [-0.1, -0.05) is 12.0 Å². The van der Waals surface area contributed by atoms with E-state index in [-0.39, 0.29) is 5.91 Å². The number of anilines is 1. The molecular formula is C10H11N3O. The van der Waals surface area contributed by atoms with Gasteiger partial charge in [-0.15, -0.1) is 0 Å². The molecule has 0 radical (unpaired) electrons. The summed E-state index contributed by atoms with van der Waals surface area (Å²) in [6.07, 6.45) is 0. The Balaban J connectivity index is 2.84. The van der Waals surface area contributed by atoms with Crippen LogP contribution >= 0.6 is 0 Å². The maximum atomic E-state index is 10.7. The molecule has 0 aromatic carbocycles. The Kier molecular flexibility index (Phi) is 3.65. The van der Waals surface area contributed by atoms with Crippen LogP contribution < -0.4 is 11.1 Å². The molecule has 1 rings (SSSR count). The fourth-order valence-corrected chi connectivity index (χ4v) is 0.896. The minimum absolute atomic E-state index is 0.151. The fraction of sp³-hybridized carbons (Fsp3) is 0.200. The maximum absolute atomic E-state index is 10.7. The SMILES string of the molecule is CC(=O)Nc1cccc(C#CCN)n1. The third-order valence-electron chi connectivity index (χ3n) is 1.37. The largest absolute Gasteiger partial charge is 0.320 e. The van der Waals surface area contributed by atoms with E-state index in [0.717, 1.165) is 0 Å². The van der Waals surface area contributed by atoms with Crippen LogP contribution in [0.25, 0.3) is 0 Å². The zero-order chi connectivity index (χ0) is 10.4. The van der Waals surface area contributed by atoms with Crippen LogP contribution in [0.4, 0.5) is 5.82 Å². The number of carbonyl (C=O) groups excluding carboxylic acids is 1. The van der Waals surface area contributed by atoms with E-state index in [2.05, 4.69) is 22.1 Å². The number of aromatic nitrogens is 1. The molecule has 1 aromatic rings. The topological polar surface area (TPSA) is 68.0 Å². The van der Waals surface area contributed by atoms with Crippen LogP contribution in [0.5, 0.6) is 0 Å². The average molecular weight is 189 g/mol. The lowest BCUT2D eigenvalue weighted by Gasteiger charge is -1.99. The van der Waals surface area contributed by atoms with Gasteiger partial charge in [0.05, 0.1) is 6.54 Å². The fourth-order valence-electron chi connectivity index (χ4n) is 0.896. The number of nitrogens with one attached hydrogen (secondary N) is 1. The molecule has 0 saturated heterocycles. The molecule has 3 N–H and O–H groups in total. The van der Waals surface area contributed by atoms with Gasteiger partial charge in [0.1, 0.15) is 11.5 Å². The number of hydrogen-bond donors (Lipinski definition) is 2. The second-order valence-electron chi connectivity index (χ2n) is 2.60. The average Bonchev–Trinajstić information content (AvgIpc) is 2.14. The number of hydrogen-bond acceptors (Lipinski definition) is 3. The lowest BCUT2D eigenvalue weighted by Crippen LogP contribution is -2.07. The lowest BCUT2D eigenvalue weighted by atomic mass is 10.3. The van der Waals surface area contributed by atoms with Gasteiger partial charge in [-0.05, 0) is 18.1 Å². The van der Waals surface area contributed by atoms with E-state index < -0.39 is 0 Å². The van der Waals surface area contributed by atoms with Crippen molar-refractivity contribution < 1.29 is 4.79 Å². The van der Waals surface area contributed by atoms with Gasteiger partial charge >= 0.3 is 0 Å². The van der Waals surface area contributed by atoms with Gasteiger partial charge in [0.2, 0.25) is 5.91 Å². The summed E-state index contributed by atoms with van der Waals surface area (Å²) in [7, 11) is 0. The second-order valence-corrected chi connectivity index (χ2v) is 2.60. The molecule has 0 aliphatic carbocycles. The highest BCUT2D eigenvalue weighted by atomic mass is 16.1. The molecule has 0 atom stereocenters. The van der Waals surface area contributed by atoms with Gasteiger partial charge in [-0.25, -0.2) is 4.98 Å². The second kappa shape index (κ2) is 5.00. The third-order valence-corrected chi connectivity index (χ3v) is 1.37. The molecule has 1 aromatic heterocycles. The summed E-state index contributed by atoms with van der Waals surface area (Å²) < 4.78 is 0. The molecule has 72 valence electrons. The van der Waals surface area contributed by atoms with Crippen LogP contribution in [-0.2, 0) is 4.79 Å². The van der Waals surface area contributed by atoms with Crippen molar-refractivity contribution in [3.05, 3.63) is 23.9 Å². The monoisotopic (exact) mass is 189 g/mol. The van der Waals surface area contributed by atoms with Gasteiger partial charge in [0.25, 0.3) is 0 Å². The van der Waals surface area contributed by atoms with Crippen LogP contribution in [0.3, 0.4) is 0 Å². The molecule has 14 heavy (non-hydrogen) atoms. The van der Waals surface area contributed by atoms with E-state index in [9.17, 15) is 4.79 Å².